The van der Waals surface area contributed by atoms with E-state index in [9.17, 15) is 0 Å². The van der Waals surface area contributed by atoms with Gasteiger partial charge in [-0.05, 0) is 39.2 Å². The highest BCUT2D eigenvalue weighted by Crippen LogP contribution is 2.25. The Bertz CT molecular complexity index is 395. The van der Waals surface area contributed by atoms with Gasteiger partial charge in [-0.25, -0.2) is 4.98 Å². The normalized spacial score (nSPS) is 19.9. The van der Waals surface area contributed by atoms with Gasteiger partial charge in [-0.2, -0.15) is 4.98 Å². The van der Waals surface area contributed by atoms with Crippen LogP contribution in [0.4, 0.5) is 5.95 Å². The van der Waals surface area contributed by atoms with E-state index in [0.29, 0.717) is 18.5 Å². The molecule has 5 heteroatoms. The molecular formula is C13H22N4O. The first-order valence-corrected chi connectivity index (χ1v) is 6.61. The van der Waals surface area contributed by atoms with Crippen molar-refractivity contribution in [1.29, 1.82) is 0 Å². The SMILES string of the molecule is COc1cc(C)nc(N2CCCCC2CCN)n1. The molecule has 100 valence electrons. The summed E-state index contributed by atoms with van der Waals surface area (Å²) in [5.41, 5.74) is 6.63. The van der Waals surface area contributed by atoms with Gasteiger partial charge in [-0.15, -0.1) is 0 Å². The maximum atomic E-state index is 5.69. The maximum Gasteiger partial charge on any atom is 0.229 e. The van der Waals surface area contributed by atoms with Gasteiger partial charge in [0.05, 0.1) is 7.11 Å². The zero-order valence-electron chi connectivity index (χ0n) is 11.2. The molecule has 1 atom stereocenters. The van der Waals surface area contributed by atoms with Crippen molar-refractivity contribution in [3.63, 3.8) is 0 Å². The summed E-state index contributed by atoms with van der Waals surface area (Å²) in [6.45, 7) is 3.69. The van der Waals surface area contributed by atoms with E-state index < -0.39 is 0 Å². The van der Waals surface area contributed by atoms with Crippen LogP contribution >= 0.6 is 0 Å². The van der Waals surface area contributed by atoms with Crippen LogP contribution in [0.5, 0.6) is 5.88 Å². The summed E-state index contributed by atoms with van der Waals surface area (Å²) in [7, 11) is 1.64. The van der Waals surface area contributed by atoms with Crippen molar-refractivity contribution in [2.45, 2.75) is 38.6 Å². The molecule has 1 saturated heterocycles. The zero-order valence-corrected chi connectivity index (χ0v) is 11.2. The lowest BCUT2D eigenvalue weighted by Crippen LogP contribution is -2.41. The van der Waals surface area contributed by atoms with Crippen molar-refractivity contribution in [3.8, 4) is 5.88 Å². The molecule has 1 aromatic rings. The lowest BCUT2D eigenvalue weighted by Gasteiger charge is -2.35. The van der Waals surface area contributed by atoms with E-state index in [1.165, 1.54) is 19.3 Å². The second-order valence-corrected chi connectivity index (χ2v) is 4.77. The summed E-state index contributed by atoms with van der Waals surface area (Å²) in [5.74, 6) is 1.42. The van der Waals surface area contributed by atoms with Gasteiger partial charge in [0, 0.05) is 24.3 Å². The minimum absolute atomic E-state index is 0.468. The smallest absolute Gasteiger partial charge is 0.229 e. The Morgan fingerprint density at radius 2 is 2.28 bits per heavy atom. The average Bonchev–Trinajstić information content (AvgIpc) is 2.39. The Morgan fingerprint density at radius 1 is 1.44 bits per heavy atom. The summed E-state index contributed by atoms with van der Waals surface area (Å²) in [5, 5.41) is 0. The molecule has 0 spiro atoms. The summed E-state index contributed by atoms with van der Waals surface area (Å²) < 4.78 is 5.22. The molecule has 18 heavy (non-hydrogen) atoms. The third kappa shape index (κ3) is 2.90. The number of nitrogens with two attached hydrogens (primary N) is 1. The van der Waals surface area contributed by atoms with E-state index in [1.54, 1.807) is 7.11 Å². The van der Waals surface area contributed by atoms with Crippen molar-refractivity contribution < 1.29 is 4.74 Å². The average molecular weight is 250 g/mol. The highest BCUT2D eigenvalue weighted by atomic mass is 16.5. The van der Waals surface area contributed by atoms with E-state index in [1.807, 2.05) is 13.0 Å². The molecule has 2 N–H and O–H groups in total. The first-order valence-electron chi connectivity index (χ1n) is 6.61. The third-order valence-electron chi connectivity index (χ3n) is 3.41. The molecule has 1 fully saturated rings. The molecule has 1 aliphatic rings. The molecule has 5 nitrogen and oxygen atoms in total. The van der Waals surface area contributed by atoms with Crippen LogP contribution < -0.4 is 15.4 Å². The van der Waals surface area contributed by atoms with Crippen molar-refractivity contribution in [1.82, 2.24) is 9.97 Å². The minimum atomic E-state index is 0.468. The summed E-state index contributed by atoms with van der Waals surface area (Å²) >= 11 is 0. The number of hydrogen-bond acceptors (Lipinski definition) is 5. The van der Waals surface area contributed by atoms with Gasteiger partial charge < -0.3 is 15.4 Å². The van der Waals surface area contributed by atoms with Gasteiger partial charge in [-0.3, -0.25) is 0 Å². The fourth-order valence-electron chi connectivity index (χ4n) is 2.51. The number of aromatic nitrogens is 2. The van der Waals surface area contributed by atoms with Crippen LogP contribution in [0.15, 0.2) is 6.07 Å². The molecular weight excluding hydrogens is 228 g/mol. The number of aryl methyl sites for hydroxylation is 1. The van der Waals surface area contributed by atoms with E-state index in [0.717, 1.165) is 24.6 Å². The van der Waals surface area contributed by atoms with Crippen molar-refractivity contribution in [2.24, 2.45) is 5.73 Å². The predicted octanol–water partition coefficient (Wildman–Crippen LogP) is 1.50. The second-order valence-electron chi connectivity index (χ2n) is 4.77. The van der Waals surface area contributed by atoms with Crippen LogP contribution in [0, 0.1) is 6.92 Å². The summed E-state index contributed by atoms with van der Waals surface area (Å²) in [6, 6.07) is 2.32. The van der Waals surface area contributed by atoms with Gasteiger partial charge in [0.25, 0.3) is 0 Å². The number of piperidine rings is 1. The molecule has 0 amide bonds. The molecule has 0 aliphatic carbocycles. The van der Waals surface area contributed by atoms with Crippen LogP contribution in [0.2, 0.25) is 0 Å². The third-order valence-corrected chi connectivity index (χ3v) is 3.41. The van der Waals surface area contributed by atoms with E-state index in [4.69, 9.17) is 10.5 Å². The topological polar surface area (TPSA) is 64.3 Å². The molecule has 0 radical (unpaired) electrons. The number of methoxy groups -OCH3 is 1. The fourth-order valence-corrected chi connectivity index (χ4v) is 2.51. The molecule has 2 heterocycles. The summed E-state index contributed by atoms with van der Waals surface area (Å²) in [6.07, 6.45) is 4.64. The first-order chi connectivity index (χ1) is 8.74. The molecule has 2 rings (SSSR count). The molecule has 1 aliphatic heterocycles. The standard InChI is InChI=1S/C13H22N4O/c1-10-9-12(18-2)16-13(15-10)17-8-4-3-5-11(17)6-7-14/h9,11H,3-8,14H2,1-2H3. The highest BCUT2D eigenvalue weighted by molar-refractivity contribution is 5.36. The van der Waals surface area contributed by atoms with Crippen LogP contribution in [-0.2, 0) is 0 Å². The van der Waals surface area contributed by atoms with Crippen LogP contribution in [0.25, 0.3) is 0 Å². The molecule has 1 aromatic heterocycles. The van der Waals surface area contributed by atoms with Gasteiger partial charge in [-0.1, -0.05) is 0 Å². The van der Waals surface area contributed by atoms with Gasteiger partial charge in [0.1, 0.15) is 0 Å². The zero-order chi connectivity index (χ0) is 13.0. The molecule has 1 unspecified atom stereocenters. The molecule has 0 bridgehead atoms. The Balaban J connectivity index is 2.24. The lowest BCUT2D eigenvalue weighted by atomic mass is 10.00. The largest absolute Gasteiger partial charge is 0.481 e. The number of hydrogen-bond donors (Lipinski definition) is 1. The monoisotopic (exact) mass is 250 g/mol. The Morgan fingerprint density at radius 3 is 3.00 bits per heavy atom. The van der Waals surface area contributed by atoms with E-state index >= 15 is 0 Å². The molecule has 0 aromatic carbocycles. The fraction of sp³-hybridized carbons (Fsp3) is 0.692. The van der Waals surface area contributed by atoms with Gasteiger partial charge >= 0.3 is 0 Å². The molecule has 0 saturated carbocycles. The Hall–Kier alpha value is -1.36. The van der Waals surface area contributed by atoms with Crippen LogP contribution in [-0.4, -0.2) is 36.2 Å². The van der Waals surface area contributed by atoms with Gasteiger partial charge in [0.15, 0.2) is 0 Å². The Labute approximate surface area is 108 Å². The second kappa shape index (κ2) is 6.00. The summed E-state index contributed by atoms with van der Waals surface area (Å²) in [4.78, 5) is 11.3. The van der Waals surface area contributed by atoms with Crippen molar-refractivity contribution in [3.05, 3.63) is 11.8 Å². The quantitative estimate of drug-likeness (QED) is 0.877. The maximum absolute atomic E-state index is 5.69. The lowest BCUT2D eigenvalue weighted by molar-refractivity contribution is 0.391. The van der Waals surface area contributed by atoms with Crippen LogP contribution in [0.3, 0.4) is 0 Å². The predicted molar refractivity (Wildman–Crippen MR) is 72.0 cm³/mol. The van der Waals surface area contributed by atoms with E-state index in [2.05, 4.69) is 14.9 Å². The first kappa shape index (κ1) is 13.1. The minimum Gasteiger partial charge on any atom is -0.481 e. The Kier molecular flexibility index (Phi) is 4.36. The highest BCUT2D eigenvalue weighted by Gasteiger charge is 2.24. The van der Waals surface area contributed by atoms with Crippen molar-refractivity contribution in [2.75, 3.05) is 25.1 Å². The number of ether oxygens (including phenoxy) is 1. The number of nitrogens with zero attached hydrogens (tertiary/aromatic N) is 3. The van der Waals surface area contributed by atoms with Gasteiger partial charge in [0.2, 0.25) is 11.8 Å². The number of anilines is 1. The van der Waals surface area contributed by atoms with Crippen molar-refractivity contribution >= 4 is 5.95 Å². The van der Waals surface area contributed by atoms with E-state index in [-0.39, 0.29) is 0 Å². The van der Waals surface area contributed by atoms with Crippen LogP contribution in [0.1, 0.15) is 31.4 Å². The number of rotatable bonds is 4.